The maximum atomic E-state index is 9.47. The quantitative estimate of drug-likeness (QED) is 0.886. The van der Waals surface area contributed by atoms with Crippen LogP contribution in [-0.2, 0) is 7.05 Å². The van der Waals surface area contributed by atoms with Crippen LogP contribution in [0.4, 0.5) is 5.69 Å². The zero-order valence-electron chi connectivity index (χ0n) is 11.6. The maximum absolute atomic E-state index is 9.47. The fraction of sp³-hybridized carbons (Fsp3) is 0.533. The van der Waals surface area contributed by atoms with Gasteiger partial charge in [-0.3, -0.25) is 0 Å². The molecule has 0 saturated heterocycles. The second-order valence-corrected chi connectivity index (χ2v) is 5.79. The summed E-state index contributed by atoms with van der Waals surface area (Å²) in [5.41, 5.74) is 3.38. The number of anilines is 1. The highest BCUT2D eigenvalue weighted by Gasteiger charge is 2.35. The molecule has 2 N–H and O–H groups in total. The predicted octanol–water partition coefficient (Wildman–Crippen LogP) is 2.46. The van der Waals surface area contributed by atoms with Crippen molar-refractivity contribution in [2.75, 3.05) is 18.5 Å². The van der Waals surface area contributed by atoms with Gasteiger partial charge in [0.1, 0.15) is 5.82 Å². The van der Waals surface area contributed by atoms with Gasteiger partial charge in [0.05, 0.1) is 17.6 Å². The van der Waals surface area contributed by atoms with Crippen LogP contribution in [-0.4, -0.2) is 27.8 Å². The first-order valence-electron chi connectivity index (χ1n) is 6.91. The molecule has 4 nitrogen and oxygen atoms in total. The smallest absolute Gasteiger partial charge is 0.106 e. The monoisotopic (exact) mass is 259 g/mol. The van der Waals surface area contributed by atoms with Crippen LogP contribution >= 0.6 is 0 Å². The highest BCUT2D eigenvalue weighted by molar-refractivity contribution is 5.80. The van der Waals surface area contributed by atoms with Crippen LogP contribution in [0.5, 0.6) is 0 Å². The fourth-order valence-corrected chi connectivity index (χ4v) is 2.79. The molecule has 1 aromatic carbocycles. The number of aliphatic hydroxyl groups excluding tert-OH is 1. The Morgan fingerprint density at radius 3 is 2.84 bits per heavy atom. The van der Waals surface area contributed by atoms with Crippen LogP contribution in [0.3, 0.4) is 0 Å². The zero-order chi connectivity index (χ0) is 13.5. The summed E-state index contributed by atoms with van der Waals surface area (Å²) in [6, 6.07) is 6.28. The van der Waals surface area contributed by atoms with Crippen molar-refractivity contribution in [3.63, 3.8) is 0 Å². The van der Waals surface area contributed by atoms with E-state index in [0.29, 0.717) is 0 Å². The first kappa shape index (κ1) is 12.5. The van der Waals surface area contributed by atoms with Gasteiger partial charge in [-0.1, -0.05) is 6.42 Å². The van der Waals surface area contributed by atoms with Crippen molar-refractivity contribution in [2.45, 2.75) is 26.2 Å². The van der Waals surface area contributed by atoms with E-state index in [9.17, 15) is 5.11 Å². The molecule has 1 aliphatic carbocycles. The van der Waals surface area contributed by atoms with Crippen molar-refractivity contribution in [2.24, 2.45) is 12.5 Å². The van der Waals surface area contributed by atoms with Crippen LogP contribution in [0.1, 0.15) is 25.1 Å². The lowest BCUT2D eigenvalue weighted by atomic mass is 9.69. The topological polar surface area (TPSA) is 50.1 Å². The van der Waals surface area contributed by atoms with Gasteiger partial charge >= 0.3 is 0 Å². The Bertz CT molecular complexity index is 593. The van der Waals surface area contributed by atoms with Crippen molar-refractivity contribution in [1.29, 1.82) is 0 Å². The molecule has 0 spiro atoms. The Morgan fingerprint density at radius 1 is 1.42 bits per heavy atom. The van der Waals surface area contributed by atoms with Gasteiger partial charge in [-0.05, 0) is 38.0 Å². The zero-order valence-corrected chi connectivity index (χ0v) is 11.6. The molecule has 1 heterocycles. The van der Waals surface area contributed by atoms with Gasteiger partial charge in [-0.25, -0.2) is 4.98 Å². The maximum Gasteiger partial charge on any atom is 0.106 e. The summed E-state index contributed by atoms with van der Waals surface area (Å²) in [5, 5.41) is 12.9. The van der Waals surface area contributed by atoms with E-state index in [1.165, 1.54) is 6.42 Å². The van der Waals surface area contributed by atoms with Crippen LogP contribution in [0, 0.1) is 12.3 Å². The lowest BCUT2D eigenvalue weighted by Crippen LogP contribution is -2.39. The molecule has 0 unspecified atom stereocenters. The minimum atomic E-state index is 0.106. The number of benzene rings is 1. The summed E-state index contributed by atoms with van der Waals surface area (Å²) in [7, 11) is 2.03. The van der Waals surface area contributed by atoms with E-state index < -0.39 is 0 Å². The molecule has 1 fully saturated rings. The fourth-order valence-electron chi connectivity index (χ4n) is 2.79. The molecule has 19 heavy (non-hydrogen) atoms. The average molecular weight is 259 g/mol. The lowest BCUT2D eigenvalue weighted by molar-refractivity contribution is 0.0576. The number of fused-ring (bicyclic) bond motifs is 1. The first-order valence-corrected chi connectivity index (χ1v) is 6.91. The molecule has 0 aliphatic heterocycles. The summed E-state index contributed by atoms with van der Waals surface area (Å²) in [6.45, 7) is 3.15. The number of rotatable bonds is 4. The molecule has 0 amide bonds. The molecule has 1 aliphatic rings. The number of aromatic nitrogens is 2. The van der Waals surface area contributed by atoms with Gasteiger partial charge in [-0.15, -0.1) is 0 Å². The summed E-state index contributed by atoms with van der Waals surface area (Å²) >= 11 is 0. The van der Waals surface area contributed by atoms with Crippen LogP contribution in [0.15, 0.2) is 18.2 Å². The van der Waals surface area contributed by atoms with Crippen molar-refractivity contribution in [3.8, 4) is 0 Å². The summed E-state index contributed by atoms with van der Waals surface area (Å²) in [4.78, 5) is 4.55. The first-order chi connectivity index (χ1) is 9.13. The van der Waals surface area contributed by atoms with E-state index in [-0.39, 0.29) is 12.0 Å². The highest BCUT2D eigenvalue weighted by atomic mass is 16.3. The van der Waals surface area contributed by atoms with E-state index in [1.54, 1.807) is 0 Å². The van der Waals surface area contributed by atoms with Gasteiger partial charge in [0.15, 0.2) is 0 Å². The molecule has 0 atom stereocenters. The molecule has 4 heteroatoms. The number of imidazole rings is 1. The summed E-state index contributed by atoms with van der Waals surface area (Å²) < 4.78 is 2.10. The molecule has 2 aromatic rings. The molecular formula is C15H21N3O. The van der Waals surface area contributed by atoms with Gasteiger partial charge in [-0.2, -0.15) is 0 Å². The lowest BCUT2D eigenvalue weighted by Gasteiger charge is -2.40. The van der Waals surface area contributed by atoms with Crippen molar-refractivity contribution in [3.05, 3.63) is 24.0 Å². The number of aliphatic hydroxyl groups is 1. The molecule has 102 valence electrons. The van der Waals surface area contributed by atoms with E-state index >= 15 is 0 Å². The number of aryl methyl sites for hydroxylation is 2. The average Bonchev–Trinajstić information content (AvgIpc) is 2.64. The number of nitrogens with zero attached hydrogens (tertiary/aromatic N) is 2. The minimum Gasteiger partial charge on any atom is -0.396 e. The third-order valence-corrected chi connectivity index (χ3v) is 4.52. The summed E-state index contributed by atoms with van der Waals surface area (Å²) in [5.74, 6) is 1.03. The van der Waals surface area contributed by atoms with E-state index in [1.807, 2.05) is 14.0 Å². The van der Waals surface area contributed by atoms with Gasteiger partial charge < -0.3 is 15.0 Å². The third kappa shape index (κ3) is 2.10. The predicted molar refractivity (Wildman–Crippen MR) is 77.3 cm³/mol. The number of hydrogen-bond donors (Lipinski definition) is 2. The molecule has 3 rings (SSSR count). The second kappa shape index (κ2) is 4.53. The second-order valence-electron chi connectivity index (χ2n) is 5.79. The van der Waals surface area contributed by atoms with E-state index in [4.69, 9.17) is 0 Å². The van der Waals surface area contributed by atoms with Gasteiger partial charge in [0.25, 0.3) is 0 Å². The Kier molecular flexibility index (Phi) is 2.97. The Labute approximate surface area is 113 Å². The summed E-state index contributed by atoms with van der Waals surface area (Å²) in [6.07, 6.45) is 3.49. The number of nitrogens with one attached hydrogen (secondary N) is 1. The molecule has 1 saturated carbocycles. The third-order valence-electron chi connectivity index (χ3n) is 4.52. The van der Waals surface area contributed by atoms with Gasteiger partial charge in [0.2, 0.25) is 0 Å². The normalized spacial score (nSPS) is 17.4. The number of hydrogen-bond acceptors (Lipinski definition) is 3. The van der Waals surface area contributed by atoms with E-state index in [0.717, 1.165) is 41.9 Å². The van der Waals surface area contributed by atoms with Crippen LogP contribution in [0.2, 0.25) is 0 Å². The molecule has 1 aromatic heterocycles. The standard InChI is InChI=1S/C15H21N3O/c1-11-17-13-8-12(4-5-14(13)18(11)2)16-9-15(10-19)6-3-7-15/h4-5,8,16,19H,3,6-7,9-10H2,1-2H3. The minimum absolute atomic E-state index is 0.106. The SMILES string of the molecule is Cc1nc2cc(NCC3(CO)CCC3)ccc2n1C. The Morgan fingerprint density at radius 2 is 2.21 bits per heavy atom. The van der Waals surface area contributed by atoms with Crippen molar-refractivity contribution in [1.82, 2.24) is 9.55 Å². The van der Waals surface area contributed by atoms with Crippen molar-refractivity contribution >= 4 is 16.7 Å². The van der Waals surface area contributed by atoms with Crippen LogP contribution < -0.4 is 5.32 Å². The molecule has 0 bridgehead atoms. The van der Waals surface area contributed by atoms with Crippen LogP contribution in [0.25, 0.3) is 11.0 Å². The molecule has 0 radical (unpaired) electrons. The Hall–Kier alpha value is -1.55. The van der Waals surface area contributed by atoms with E-state index in [2.05, 4.69) is 33.1 Å². The molecular weight excluding hydrogens is 238 g/mol. The highest BCUT2D eigenvalue weighted by Crippen LogP contribution is 2.40. The van der Waals surface area contributed by atoms with Crippen molar-refractivity contribution < 1.29 is 5.11 Å². The largest absolute Gasteiger partial charge is 0.396 e. The Balaban J connectivity index is 1.78. The van der Waals surface area contributed by atoms with Gasteiger partial charge in [0, 0.05) is 24.7 Å².